The number of carbonyl (C=O) groups excluding carboxylic acids is 2. The van der Waals surface area contributed by atoms with Gasteiger partial charge in [-0.3, -0.25) is 0 Å². The highest BCUT2D eigenvalue weighted by atomic mass is 79.9. The highest BCUT2D eigenvalue weighted by Gasteiger charge is 2.08. The van der Waals surface area contributed by atoms with Crippen molar-refractivity contribution in [3.05, 3.63) is 58.6 Å². The molecule has 0 heterocycles. The van der Waals surface area contributed by atoms with Crippen molar-refractivity contribution in [2.24, 2.45) is 0 Å². The number of carbonyl (C=O) groups is 2. The van der Waals surface area contributed by atoms with E-state index in [4.69, 9.17) is 4.74 Å². The zero-order valence-corrected chi connectivity index (χ0v) is 13.5. The fraction of sp³-hybridized carbons (Fsp3) is 0.125. The van der Waals surface area contributed by atoms with E-state index in [1.54, 1.807) is 43.3 Å². The van der Waals surface area contributed by atoms with Gasteiger partial charge in [0.2, 0.25) is 0 Å². The maximum Gasteiger partial charge on any atom is 0.338 e. The van der Waals surface area contributed by atoms with E-state index in [-0.39, 0.29) is 6.03 Å². The van der Waals surface area contributed by atoms with E-state index in [2.05, 4.69) is 26.6 Å². The molecule has 0 aromatic heterocycles. The van der Waals surface area contributed by atoms with Gasteiger partial charge in [0, 0.05) is 15.8 Å². The number of urea groups is 1. The van der Waals surface area contributed by atoms with Crippen LogP contribution in [-0.4, -0.2) is 18.6 Å². The van der Waals surface area contributed by atoms with Crippen LogP contribution in [-0.2, 0) is 4.74 Å². The largest absolute Gasteiger partial charge is 0.462 e. The van der Waals surface area contributed by atoms with Crippen LogP contribution in [0.15, 0.2) is 53.0 Å². The van der Waals surface area contributed by atoms with Crippen molar-refractivity contribution in [1.29, 1.82) is 0 Å². The Balaban J connectivity index is 2.02. The van der Waals surface area contributed by atoms with Crippen molar-refractivity contribution in [2.45, 2.75) is 6.92 Å². The minimum absolute atomic E-state index is 0.305. The number of hydrogen-bond donors (Lipinski definition) is 2. The zero-order chi connectivity index (χ0) is 15.9. The van der Waals surface area contributed by atoms with Crippen LogP contribution in [0.2, 0.25) is 0 Å². The Morgan fingerprint density at radius 2 is 1.68 bits per heavy atom. The second kappa shape index (κ2) is 7.61. The maximum absolute atomic E-state index is 11.9. The molecule has 22 heavy (non-hydrogen) atoms. The number of amides is 2. The summed E-state index contributed by atoms with van der Waals surface area (Å²) in [5.74, 6) is -0.418. The van der Waals surface area contributed by atoms with Crippen LogP contribution in [0.5, 0.6) is 0 Å². The molecule has 0 radical (unpaired) electrons. The Kier molecular flexibility index (Phi) is 5.55. The fourth-order valence-corrected chi connectivity index (χ4v) is 2.20. The van der Waals surface area contributed by atoms with Gasteiger partial charge in [-0.05, 0) is 43.3 Å². The molecular weight excluding hydrogens is 348 g/mol. The number of anilines is 2. The lowest BCUT2D eigenvalue weighted by atomic mass is 10.2. The summed E-state index contributed by atoms with van der Waals surface area (Å²) in [6.45, 7) is 2.05. The van der Waals surface area contributed by atoms with Crippen LogP contribution in [0.25, 0.3) is 0 Å². The fourth-order valence-electron chi connectivity index (χ4n) is 1.80. The number of nitrogens with one attached hydrogen (secondary N) is 2. The molecule has 0 saturated carbocycles. The monoisotopic (exact) mass is 362 g/mol. The zero-order valence-electron chi connectivity index (χ0n) is 11.9. The lowest BCUT2D eigenvalue weighted by Gasteiger charge is -2.09. The third-order valence-corrected chi connectivity index (χ3v) is 3.21. The number of benzene rings is 2. The Hall–Kier alpha value is -2.34. The first-order valence-corrected chi connectivity index (χ1v) is 7.48. The molecule has 0 spiro atoms. The Bertz CT molecular complexity index is 689. The molecule has 0 fully saturated rings. The van der Waals surface area contributed by atoms with E-state index < -0.39 is 5.97 Å². The van der Waals surface area contributed by atoms with Crippen LogP contribution < -0.4 is 10.6 Å². The van der Waals surface area contributed by atoms with Gasteiger partial charge in [-0.2, -0.15) is 0 Å². The molecule has 2 aromatic carbocycles. The highest BCUT2D eigenvalue weighted by Crippen LogP contribution is 2.16. The van der Waals surface area contributed by atoms with E-state index in [9.17, 15) is 9.59 Å². The van der Waals surface area contributed by atoms with Gasteiger partial charge in [0.25, 0.3) is 0 Å². The molecule has 114 valence electrons. The van der Waals surface area contributed by atoms with E-state index in [0.717, 1.165) is 4.47 Å². The van der Waals surface area contributed by atoms with Gasteiger partial charge in [0.1, 0.15) is 0 Å². The summed E-state index contributed by atoms with van der Waals surface area (Å²) in [5, 5.41) is 5.38. The summed E-state index contributed by atoms with van der Waals surface area (Å²) in [6, 6.07) is 13.4. The third-order valence-electron chi connectivity index (χ3n) is 2.71. The van der Waals surface area contributed by atoms with Gasteiger partial charge >= 0.3 is 12.0 Å². The van der Waals surface area contributed by atoms with Crippen molar-refractivity contribution >= 4 is 39.3 Å². The lowest BCUT2D eigenvalue weighted by Crippen LogP contribution is -2.19. The molecule has 0 unspecified atom stereocenters. The first-order valence-electron chi connectivity index (χ1n) is 6.69. The van der Waals surface area contributed by atoms with E-state index >= 15 is 0 Å². The van der Waals surface area contributed by atoms with Crippen molar-refractivity contribution in [3.63, 3.8) is 0 Å². The predicted molar refractivity (Wildman–Crippen MR) is 89.2 cm³/mol. The average molecular weight is 363 g/mol. The number of esters is 1. The molecule has 0 bridgehead atoms. The summed E-state index contributed by atoms with van der Waals surface area (Å²) in [4.78, 5) is 23.6. The predicted octanol–water partition coefficient (Wildman–Crippen LogP) is 4.27. The van der Waals surface area contributed by atoms with Crippen molar-refractivity contribution < 1.29 is 14.3 Å². The second-order valence-electron chi connectivity index (χ2n) is 4.39. The molecule has 0 aliphatic carbocycles. The summed E-state index contributed by atoms with van der Waals surface area (Å²) >= 11 is 3.34. The Morgan fingerprint density at radius 3 is 2.32 bits per heavy atom. The van der Waals surface area contributed by atoms with Crippen molar-refractivity contribution in [3.8, 4) is 0 Å². The van der Waals surface area contributed by atoms with Gasteiger partial charge in [-0.15, -0.1) is 0 Å². The summed E-state index contributed by atoms with van der Waals surface area (Å²) in [5.41, 5.74) is 1.56. The number of halogens is 1. The summed E-state index contributed by atoms with van der Waals surface area (Å²) in [6.07, 6.45) is 0. The molecule has 0 aliphatic rings. The van der Waals surface area contributed by atoms with Crippen molar-refractivity contribution in [1.82, 2.24) is 0 Å². The molecule has 0 saturated heterocycles. The minimum atomic E-state index is -0.418. The topological polar surface area (TPSA) is 67.4 Å². The van der Waals surface area contributed by atoms with Gasteiger partial charge < -0.3 is 15.4 Å². The van der Waals surface area contributed by atoms with Gasteiger partial charge in [0.15, 0.2) is 0 Å². The van der Waals surface area contributed by atoms with Gasteiger partial charge in [0.05, 0.1) is 12.2 Å². The molecule has 5 nitrogen and oxygen atoms in total. The molecule has 2 N–H and O–H groups in total. The summed E-state index contributed by atoms with van der Waals surface area (Å²) < 4.78 is 5.79. The first kappa shape index (κ1) is 16.0. The van der Waals surface area contributed by atoms with E-state index in [1.165, 1.54) is 0 Å². The lowest BCUT2D eigenvalue weighted by molar-refractivity contribution is 0.0526. The SMILES string of the molecule is CCOC(=O)c1cccc(NC(=O)Nc2cccc(Br)c2)c1. The smallest absolute Gasteiger partial charge is 0.338 e. The van der Waals surface area contributed by atoms with Crippen LogP contribution in [0.4, 0.5) is 16.2 Å². The molecule has 6 heteroatoms. The van der Waals surface area contributed by atoms with Crippen LogP contribution in [0, 0.1) is 0 Å². The molecule has 2 aromatic rings. The molecule has 2 rings (SSSR count). The van der Waals surface area contributed by atoms with Crippen LogP contribution in [0.1, 0.15) is 17.3 Å². The molecular formula is C16H15BrN2O3. The quantitative estimate of drug-likeness (QED) is 0.798. The molecule has 2 amide bonds. The maximum atomic E-state index is 11.9. The minimum Gasteiger partial charge on any atom is -0.462 e. The van der Waals surface area contributed by atoms with Gasteiger partial charge in [-0.1, -0.05) is 28.1 Å². The number of rotatable bonds is 4. The Labute approximate surface area is 136 Å². The third kappa shape index (κ3) is 4.60. The van der Waals surface area contributed by atoms with Crippen molar-refractivity contribution in [2.75, 3.05) is 17.2 Å². The van der Waals surface area contributed by atoms with E-state index in [0.29, 0.717) is 23.5 Å². The normalized spacial score (nSPS) is 9.91. The molecule has 0 aliphatic heterocycles. The first-order chi connectivity index (χ1) is 10.6. The van der Waals surface area contributed by atoms with Gasteiger partial charge in [-0.25, -0.2) is 9.59 Å². The van der Waals surface area contributed by atoms with Crippen LogP contribution in [0.3, 0.4) is 0 Å². The van der Waals surface area contributed by atoms with Crippen LogP contribution >= 0.6 is 15.9 Å². The standard InChI is InChI=1S/C16H15BrN2O3/c1-2-22-15(20)11-5-3-7-13(9-11)18-16(21)19-14-8-4-6-12(17)10-14/h3-10H,2H2,1H3,(H2,18,19,21). The summed E-state index contributed by atoms with van der Waals surface area (Å²) in [7, 11) is 0. The second-order valence-corrected chi connectivity index (χ2v) is 5.31. The number of hydrogen-bond acceptors (Lipinski definition) is 3. The Morgan fingerprint density at radius 1 is 1.05 bits per heavy atom. The highest BCUT2D eigenvalue weighted by molar-refractivity contribution is 9.10. The average Bonchev–Trinajstić information content (AvgIpc) is 2.47. The van der Waals surface area contributed by atoms with E-state index in [1.807, 2.05) is 12.1 Å². The number of ether oxygens (including phenoxy) is 1. The molecule has 0 atom stereocenters.